The van der Waals surface area contributed by atoms with E-state index >= 15 is 0 Å². The highest BCUT2D eigenvalue weighted by atomic mass is 16.6. The van der Waals surface area contributed by atoms with E-state index in [1.165, 1.54) is 7.11 Å². The van der Waals surface area contributed by atoms with E-state index in [1.54, 1.807) is 0 Å². The van der Waals surface area contributed by atoms with Gasteiger partial charge in [0.15, 0.2) is 0 Å². The highest BCUT2D eigenvalue weighted by molar-refractivity contribution is 5.69. The SMILES string of the molecule is COC(=O)CCOCCOCCOCCOCCOCCO. The minimum Gasteiger partial charge on any atom is -0.469 e. The molecule has 0 aliphatic carbocycles. The lowest BCUT2D eigenvalue weighted by Crippen LogP contribution is -2.14. The number of aliphatic hydroxyl groups is 1. The van der Waals surface area contributed by atoms with Crippen molar-refractivity contribution in [3.63, 3.8) is 0 Å². The Hall–Kier alpha value is -0.770. The van der Waals surface area contributed by atoms with Crippen molar-refractivity contribution >= 4 is 5.97 Å². The maximum absolute atomic E-state index is 10.8. The predicted octanol–water partition coefficient (Wildman–Crippen LogP) is -0.375. The Morgan fingerprint density at radius 1 is 0.682 bits per heavy atom. The van der Waals surface area contributed by atoms with E-state index in [9.17, 15) is 4.79 Å². The van der Waals surface area contributed by atoms with Crippen molar-refractivity contribution in [1.82, 2.24) is 0 Å². The maximum Gasteiger partial charge on any atom is 0.307 e. The zero-order chi connectivity index (χ0) is 16.3. The molecule has 0 saturated carbocycles. The van der Waals surface area contributed by atoms with E-state index in [1.807, 2.05) is 0 Å². The monoisotopic (exact) mass is 324 g/mol. The summed E-state index contributed by atoms with van der Waals surface area (Å²) in [4.78, 5) is 10.8. The van der Waals surface area contributed by atoms with Crippen LogP contribution in [0.15, 0.2) is 0 Å². The molecule has 8 nitrogen and oxygen atoms in total. The van der Waals surface area contributed by atoms with Crippen molar-refractivity contribution in [3.8, 4) is 0 Å². The van der Waals surface area contributed by atoms with Crippen LogP contribution < -0.4 is 0 Å². The third-order valence-corrected chi connectivity index (χ3v) is 2.40. The van der Waals surface area contributed by atoms with Crippen molar-refractivity contribution in [3.05, 3.63) is 0 Å². The maximum atomic E-state index is 10.8. The number of aliphatic hydroxyl groups excluding tert-OH is 1. The molecule has 0 atom stereocenters. The second-order valence-electron chi connectivity index (χ2n) is 4.11. The molecule has 0 spiro atoms. The molecule has 8 heteroatoms. The zero-order valence-electron chi connectivity index (χ0n) is 13.3. The van der Waals surface area contributed by atoms with Crippen LogP contribution in [0.4, 0.5) is 0 Å². The van der Waals surface area contributed by atoms with Crippen LogP contribution >= 0.6 is 0 Å². The Kier molecular flexibility index (Phi) is 17.6. The van der Waals surface area contributed by atoms with Crippen LogP contribution in [0.3, 0.4) is 0 Å². The summed E-state index contributed by atoms with van der Waals surface area (Å²) >= 11 is 0. The first-order valence-electron chi connectivity index (χ1n) is 7.37. The number of rotatable bonds is 17. The summed E-state index contributed by atoms with van der Waals surface area (Å²) in [6, 6.07) is 0. The van der Waals surface area contributed by atoms with Crippen LogP contribution in [-0.4, -0.2) is 90.9 Å². The van der Waals surface area contributed by atoms with Gasteiger partial charge in [0.25, 0.3) is 0 Å². The summed E-state index contributed by atoms with van der Waals surface area (Å²) in [6.45, 7) is 4.54. The molecule has 0 aromatic heterocycles. The van der Waals surface area contributed by atoms with Crippen molar-refractivity contribution < 1.29 is 38.3 Å². The summed E-state index contributed by atoms with van der Waals surface area (Å²) in [5, 5.41) is 8.48. The Bertz CT molecular complexity index is 237. The molecule has 0 rings (SSSR count). The Labute approximate surface area is 131 Å². The average Bonchev–Trinajstić information content (AvgIpc) is 2.54. The normalized spacial score (nSPS) is 10.8. The molecule has 0 unspecified atom stereocenters. The third kappa shape index (κ3) is 17.3. The molecule has 132 valence electrons. The highest BCUT2D eigenvalue weighted by Gasteiger charge is 1.99. The van der Waals surface area contributed by atoms with Gasteiger partial charge in [-0.25, -0.2) is 0 Å². The highest BCUT2D eigenvalue weighted by Crippen LogP contribution is 1.87. The fourth-order valence-electron chi connectivity index (χ4n) is 1.30. The first kappa shape index (κ1) is 21.2. The molecule has 0 heterocycles. The van der Waals surface area contributed by atoms with Gasteiger partial charge in [-0.2, -0.15) is 0 Å². The number of ether oxygens (including phenoxy) is 6. The largest absolute Gasteiger partial charge is 0.469 e. The van der Waals surface area contributed by atoms with E-state index in [0.29, 0.717) is 66.1 Å². The summed E-state index contributed by atoms with van der Waals surface area (Å²) in [5.74, 6) is -0.281. The van der Waals surface area contributed by atoms with Gasteiger partial charge in [0.05, 0.1) is 86.2 Å². The van der Waals surface area contributed by atoms with E-state index in [-0.39, 0.29) is 19.0 Å². The van der Waals surface area contributed by atoms with Gasteiger partial charge in [-0.15, -0.1) is 0 Å². The molecule has 0 bridgehead atoms. The number of hydrogen-bond acceptors (Lipinski definition) is 8. The van der Waals surface area contributed by atoms with Crippen molar-refractivity contribution in [1.29, 1.82) is 0 Å². The van der Waals surface area contributed by atoms with Crippen LogP contribution in [0.1, 0.15) is 6.42 Å². The minimum atomic E-state index is -0.281. The zero-order valence-corrected chi connectivity index (χ0v) is 13.3. The van der Waals surface area contributed by atoms with Gasteiger partial charge in [0.2, 0.25) is 0 Å². The molecule has 0 aromatic carbocycles. The molecular formula is C14H28O8. The first-order chi connectivity index (χ1) is 10.8. The molecule has 0 aliphatic rings. The fourth-order valence-corrected chi connectivity index (χ4v) is 1.30. The smallest absolute Gasteiger partial charge is 0.307 e. The minimum absolute atomic E-state index is 0.0272. The van der Waals surface area contributed by atoms with Crippen molar-refractivity contribution in [2.45, 2.75) is 6.42 Å². The van der Waals surface area contributed by atoms with E-state index in [4.69, 9.17) is 28.8 Å². The van der Waals surface area contributed by atoms with Crippen LogP contribution in [0, 0.1) is 0 Å². The van der Waals surface area contributed by atoms with E-state index in [0.717, 1.165) is 0 Å². The van der Waals surface area contributed by atoms with Crippen LogP contribution in [0.5, 0.6) is 0 Å². The molecule has 0 amide bonds. The number of hydrogen-bond donors (Lipinski definition) is 1. The third-order valence-electron chi connectivity index (χ3n) is 2.40. The lowest BCUT2D eigenvalue weighted by atomic mass is 10.5. The van der Waals surface area contributed by atoms with E-state index < -0.39 is 0 Å². The van der Waals surface area contributed by atoms with Gasteiger partial charge in [-0.3, -0.25) is 4.79 Å². The fraction of sp³-hybridized carbons (Fsp3) is 0.929. The van der Waals surface area contributed by atoms with Gasteiger partial charge >= 0.3 is 5.97 Å². The summed E-state index contributed by atoms with van der Waals surface area (Å²) < 4.78 is 30.5. The van der Waals surface area contributed by atoms with Gasteiger partial charge in [0.1, 0.15) is 0 Å². The topological polar surface area (TPSA) is 92.7 Å². The Balaban J connectivity index is 2.98. The molecule has 1 N–H and O–H groups in total. The second kappa shape index (κ2) is 18.3. The molecule has 0 aliphatic heterocycles. The number of esters is 1. The first-order valence-corrected chi connectivity index (χ1v) is 7.37. The van der Waals surface area contributed by atoms with E-state index in [2.05, 4.69) is 4.74 Å². The lowest BCUT2D eigenvalue weighted by Gasteiger charge is -2.07. The number of methoxy groups -OCH3 is 1. The molecule has 0 radical (unpaired) electrons. The molecule has 22 heavy (non-hydrogen) atoms. The molecule has 0 saturated heterocycles. The summed E-state index contributed by atoms with van der Waals surface area (Å²) in [7, 11) is 1.35. The predicted molar refractivity (Wildman–Crippen MR) is 77.8 cm³/mol. The summed E-state index contributed by atoms with van der Waals surface area (Å²) in [5.41, 5.74) is 0. The van der Waals surface area contributed by atoms with Gasteiger partial charge in [-0.1, -0.05) is 0 Å². The second-order valence-corrected chi connectivity index (χ2v) is 4.11. The number of carbonyl (C=O) groups excluding carboxylic acids is 1. The molecule has 0 aromatic rings. The molecule has 0 fully saturated rings. The van der Waals surface area contributed by atoms with Gasteiger partial charge < -0.3 is 33.5 Å². The number of carbonyl (C=O) groups is 1. The lowest BCUT2D eigenvalue weighted by molar-refractivity contribution is -0.141. The Morgan fingerprint density at radius 2 is 1.05 bits per heavy atom. The van der Waals surface area contributed by atoms with Crippen LogP contribution in [0.2, 0.25) is 0 Å². The van der Waals surface area contributed by atoms with Crippen molar-refractivity contribution in [2.24, 2.45) is 0 Å². The van der Waals surface area contributed by atoms with Crippen molar-refractivity contribution in [2.75, 3.05) is 79.8 Å². The Morgan fingerprint density at radius 3 is 1.41 bits per heavy atom. The summed E-state index contributed by atoms with van der Waals surface area (Å²) in [6.07, 6.45) is 0.255. The van der Waals surface area contributed by atoms with Crippen LogP contribution in [-0.2, 0) is 33.2 Å². The van der Waals surface area contributed by atoms with Gasteiger partial charge in [-0.05, 0) is 0 Å². The van der Waals surface area contributed by atoms with Gasteiger partial charge in [0, 0.05) is 0 Å². The standard InChI is InChI=1S/C14H28O8/c1-17-14(16)2-4-18-6-8-20-10-12-22-13-11-21-9-7-19-5-3-15/h15H,2-13H2,1H3. The average molecular weight is 324 g/mol. The quantitative estimate of drug-likeness (QED) is 0.286. The molecular weight excluding hydrogens is 296 g/mol. The van der Waals surface area contributed by atoms with Crippen LogP contribution in [0.25, 0.3) is 0 Å².